The van der Waals surface area contributed by atoms with Crippen LogP contribution in [0.15, 0.2) is 71.3 Å². The van der Waals surface area contributed by atoms with E-state index in [-0.39, 0.29) is 23.6 Å². The van der Waals surface area contributed by atoms with E-state index >= 15 is 0 Å². The Labute approximate surface area is 207 Å². The minimum atomic E-state index is -0.787. The number of carbonyl (C=O) groups excluding carboxylic acids is 2. The fraction of sp³-hybridized carbons (Fsp3) is 0.379. The van der Waals surface area contributed by atoms with E-state index in [9.17, 15) is 9.59 Å². The predicted octanol–water partition coefficient (Wildman–Crippen LogP) is 5.47. The minimum absolute atomic E-state index is 0.134. The molecule has 0 radical (unpaired) electrons. The van der Waals surface area contributed by atoms with Crippen LogP contribution in [0.1, 0.15) is 65.4 Å². The van der Waals surface area contributed by atoms with Gasteiger partial charge in [-0.1, -0.05) is 61.2 Å². The quantitative estimate of drug-likeness (QED) is 0.446. The van der Waals surface area contributed by atoms with Crippen molar-refractivity contribution in [1.29, 1.82) is 0 Å². The molecule has 0 bridgehead atoms. The number of ether oxygens (including phenoxy) is 1. The third-order valence-electron chi connectivity index (χ3n) is 6.66. The van der Waals surface area contributed by atoms with Crippen LogP contribution in [0.4, 0.5) is 0 Å². The van der Waals surface area contributed by atoms with Crippen LogP contribution >= 0.6 is 0 Å². The number of carbonyl (C=O) groups is 2. The van der Waals surface area contributed by atoms with E-state index < -0.39 is 6.04 Å². The summed E-state index contributed by atoms with van der Waals surface area (Å²) in [6.07, 6.45) is 7.47. The molecule has 1 aliphatic rings. The van der Waals surface area contributed by atoms with Gasteiger partial charge in [0.05, 0.1) is 13.4 Å². The maximum atomic E-state index is 13.8. The summed E-state index contributed by atoms with van der Waals surface area (Å²) in [5, 5.41) is 3.24. The summed E-state index contributed by atoms with van der Waals surface area (Å²) in [5.41, 5.74) is 3.01. The highest BCUT2D eigenvalue weighted by molar-refractivity contribution is 5.96. The van der Waals surface area contributed by atoms with Crippen LogP contribution < -0.4 is 10.1 Å². The van der Waals surface area contributed by atoms with Crippen LogP contribution in [0.5, 0.6) is 5.75 Å². The highest BCUT2D eigenvalue weighted by Gasteiger charge is 2.34. The Hall–Kier alpha value is -3.54. The van der Waals surface area contributed by atoms with Gasteiger partial charge in [0.2, 0.25) is 5.91 Å². The summed E-state index contributed by atoms with van der Waals surface area (Å²) in [7, 11) is 1.61. The number of amides is 2. The van der Waals surface area contributed by atoms with E-state index in [0.29, 0.717) is 18.7 Å². The zero-order chi connectivity index (χ0) is 24.6. The molecule has 0 aliphatic heterocycles. The second-order valence-corrected chi connectivity index (χ2v) is 9.23. The first-order valence-electron chi connectivity index (χ1n) is 12.4. The maximum Gasteiger partial charge on any atom is 0.290 e. The standard InChI is InChI=1S/C29H34N2O4/c1-21-8-6-9-22(20-21)17-18-31(29(33)26-12-7-19-35-26)27(23-13-15-25(34-2)16-14-23)28(32)30-24-10-4-3-5-11-24/h6-9,12-16,19-20,24,27H,3-5,10-11,17-18H2,1-2H3,(H,30,32)/t27-/m1/s1. The molecule has 6 heteroatoms. The Balaban J connectivity index is 1.67. The molecule has 1 N–H and O–H groups in total. The first-order chi connectivity index (χ1) is 17.0. The monoisotopic (exact) mass is 474 g/mol. The molecule has 1 aliphatic carbocycles. The van der Waals surface area contributed by atoms with Crippen molar-refractivity contribution < 1.29 is 18.7 Å². The second-order valence-electron chi connectivity index (χ2n) is 9.23. The average Bonchev–Trinajstić information content (AvgIpc) is 3.42. The Kier molecular flexibility index (Phi) is 8.24. The van der Waals surface area contributed by atoms with Gasteiger partial charge in [-0.15, -0.1) is 0 Å². The number of benzene rings is 2. The van der Waals surface area contributed by atoms with Crippen LogP contribution in [0.25, 0.3) is 0 Å². The van der Waals surface area contributed by atoms with Crippen molar-refractivity contribution in [3.63, 3.8) is 0 Å². The van der Waals surface area contributed by atoms with E-state index in [1.165, 1.54) is 12.7 Å². The van der Waals surface area contributed by atoms with Crippen LogP contribution in [-0.2, 0) is 11.2 Å². The van der Waals surface area contributed by atoms with E-state index in [1.54, 1.807) is 24.1 Å². The normalized spacial score (nSPS) is 14.8. The molecule has 2 amide bonds. The lowest BCUT2D eigenvalue weighted by Crippen LogP contribution is -2.47. The summed E-state index contributed by atoms with van der Waals surface area (Å²) in [6.45, 7) is 2.42. The SMILES string of the molecule is COc1ccc([C@H](C(=O)NC2CCCCC2)N(CCc2cccc(C)c2)C(=O)c2ccco2)cc1. The van der Waals surface area contributed by atoms with Gasteiger partial charge in [0, 0.05) is 12.6 Å². The van der Waals surface area contributed by atoms with Gasteiger partial charge in [-0.05, 0) is 61.6 Å². The number of furan rings is 1. The molecule has 0 spiro atoms. The number of methoxy groups -OCH3 is 1. The fourth-order valence-electron chi connectivity index (χ4n) is 4.79. The first kappa shape index (κ1) is 24.6. The van der Waals surface area contributed by atoms with Gasteiger partial charge < -0.3 is 19.4 Å². The van der Waals surface area contributed by atoms with Gasteiger partial charge in [-0.2, -0.15) is 0 Å². The van der Waals surface area contributed by atoms with Crippen molar-refractivity contribution in [2.75, 3.05) is 13.7 Å². The zero-order valence-electron chi connectivity index (χ0n) is 20.5. The maximum absolute atomic E-state index is 13.8. The van der Waals surface area contributed by atoms with Crippen molar-refractivity contribution in [2.45, 2.75) is 57.5 Å². The van der Waals surface area contributed by atoms with Crippen molar-refractivity contribution in [2.24, 2.45) is 0 Å². The number of nitrogens with zero attached hydrogens (tertiary/aromatic N) is 1. The Morgan fingerprint density at radius 1 is 1.06 bits per heavy atom. The topological polar surface area (TPSA) is 71.8 Å². The van der Waals surface area contributed by atoms with Crippen molar-refractivity contribution in [1.82, 2.24) is 10.2 Å². The van der Waals surface area contributed by atoms with Crippen molar-refractivity contribution in [3.8, 4) is 5.75 Å². The lowest BCUT2D eigenvalue weighted by Gasteiger charge is -2.33. The summed E-state index contributed by atoms with van der Waals surface area (Å²) in [6, 6.07) is 18.3. The fourth-order valence-corrected chi connectivity index (χ4v) is 4.79. The van der Waals surface area contributed by atoms with E-state index in [4.69, 9.17) is 9.15 Å². The summed E-state index contributed by atoms with van der Waals surface area (Å²) in [5.74, 6) is 0.454. The lowest BCUT2D eigenvalue weighted by atomic mass is 9.94. The Morgan fingerprint density at radius 2 is 1.83 bits per heavy atom. The molecule has 0 saturated heterocycles. The van der Waals surface area contributed by atoms with E-state index in [1.807, 2.05) is 49.4 Å². The van der Waals surface area contributed by atoms with Crippen LogP contribution in [-0.4, -0.2) is 36.4 Å². The second kappa shape index (κ2) is 11.7. The summed E-state index contributed by atoms with van der Waals surface area (Å²) >= 11 is 0. The molecule has 184 valence electrons. The van der Waals surface area contributed by atoms with Crippen LogP contribution in [0, 0.1) is 6.92 Å². The molecule has 35 heavy (non-hydrogen) atoms. The summed E-state index contributed by atoms with van der Waals surface area (Å²) < 4.78 is 10.8. The van der Waals surface area contributed by atoms with Gasteiger partial charge in [0.25, 0.3) is 5.91 Å². The summed E-state index contributed by atoms with van der Waals surface area (Å²) in [4.78, 5) is 29.1. The molecule has 2 aromatic carbocycles. The molecule has 4 rings (SSSR count). The number of hydrogen-bond acceptors (Lipinski definition) is 4. The molecular formula is C29H34N2O4. The molecule has 3 aromatic rings. The number of nitrogens with one attached hydrogen (secondary N) is 1. The molecule has 1 heterocycles. The lowest BCUT2D eigenvalue weighted by molar-refractivity contribution is -0.126. The molecule has 1 saturated carbocycles. The number of aryl methyl sites for hydroxylation is 1. The highest BCUT2D eigenvalue weighted by atomic mass is 16.5. The molecule has 0 unspecified atom stereocenters. The largest absolute Gasteiger partial charge is 0.497 e. The molecule has 1 atom stereocenters. The van der Waals surface area contributed by atoms with Crippen molar-refractivity contribution >= 4 is 11.8 Å². The number of hydrogen-bond donors (Lipinski definition) is 1. The minimum Gasteiger partial charge on any atom is -0.497 e. The molecule has 1 aromatic heterocycles. The van der Waals surface area contributed by atoms with E-state index in [2.05, 4.69) is 11.4 Å². The Bertz CT molecular complexity index is 1100. The van der Waals surface area contributed by atoms with Gasteiger partial charge >= 0.3 is 0 Å². The van der Waals surface area contributed by atoms with Crippen molar-refractivity contribution in [3.05, 3.63) is 89.4 Å². The smallest absolute Gasteiger partial charge is 0.290 e. The third-order valence-corrected chi connectivity index (χ3v) is 6.66. The first-order valence-corrected chi connectivity index (χ1v) is 12.4. The van der Waals surface area contributed by atoms with E-state index in [0.717, 1.165) is 42.4 Å². The average molecular weight is 475 g/mol. The number of rotatable bonds is 9. The predicted molar refractivity (Wildman–Crippen MR) is 135 cm³/mol. The third kappa shape index (κ3) is 6.32. The van der Waals surface area contributed by atoms with Gasteiger partial charge in [-0.3, -0.25) is 9.59 Å². The van der Waals surface area contributed by atoms with Crippen LogP contribution in [0.3, 0.4) is 0 Å². The van der Waals surface area contributed by atoms with Crippen LogP contribution in [0.2, 0.25) is 0 Å². The van der Waals surface area contributed by atoms with Gasteiger partial charge in [0.15, 0.2) is 5.76 Å². The molecule has 6 nitrogen and oxygen atoms in total. The zero-order valence-corrected chi connectivity index (χ0v) is 20.5. The molecule has 1 fully saturated rings. The van der Waals surface area contributed by atoms with Gasteiger partial charge in [-0.25, -0.2) is 0 Å². The molecular weight excluding hydrogens is 440 g/mol. The van der Waals surface area contributed by atoms with Gasteiger partial charge in [0.1, 0.15) is 11.8 Å². The highest BCUT2D eigenvalue weighted by Crippen LogP contribution is 2.27. The Morgan fingerprint density at radius 3 is 2.49 bits per heavy atom.